The Morgan fingerprint density at radius 3 is 1.27 bits per heavy atom. The maximum absolute atomic E-state index is 5.40. The van der Waals surface area contributed by atoms with Gasteiger partial charge in [-0.3, -0.25) is 0 Å². The third kappa shape index (κ3) is 6.33. The maximum atomic E-state index is 5.40. The number of rotatable bonds is 6. The second kappa shape index (κ2) is 9.79. The van der Waals surface area contributed by atoms with E-state index in [9.17, 15) is 0 Å². The van der Waals surface area contributed by atoms with Crippen LogP contribution in [0, 0.1) is 0 Å². The van der Waals surface area contributed by atoms with Gasteiger partial charge in [0.25, 0.3) is 0 Å². The molecule has 0 unspecified atom stereocenters. The quantitative estimate of drug-likeness (QED) is 0.394. The van der Waals surface area contributed by atoms with Crippen LogP contribution in [0.5, 0.6) is 0 Å². The van der Waals surface area contributed by atoms with Crippen molar-refractivity contribution in [3.05, 3.63) is 0 Å². The summed E-state index contributed by atoms with van der Waals surface area (Å²) < 4.78 is 6.28. The van der Waals surface area contributed by atoms with Crippen molar-refractivity contribution in [2.24, 2.45) is 0 Å². The Morgan fingerprint density at radius 1 is 0.800 bits per heavy atom. The minimum absolute atomic E-state index is 1.06. The Morgan fingerprint density at radius 2 is 1.07 bits per heavy atom. The third-order valence-corrected chi connectivity index (χ3v) is 12.2. The molecule has 0 saturated carbocycles. The van der Waals surface area contributed by atoms with E-state index in [1.165, 1.54) is 0 Å². The third-order valence-electron chi connectivity index (χ3n) is 1.37. The van der Waals surface area contributed by atoms with E-state index in [2.05, 4.69) is 7.42 Å². The summed E-state index contributed by atoms with van der Waals surface area (Å²) in [6, 6.07) is 0. The van der Waals surface area contributed by atoms with Crippen molar-refractivity contribution in [1.82, 2.24) is 7.42 Å². The van der Waals surface area contributed by atoms with Gasteiger partial charge in [-0.1, -0.05) is 0 Å². The fourth-order valence-corrected chi connectivity index (χ4v) is 11.3. The first-order chi connectivity index (χ1) is 7.10. The number of hydrogen-bond donors (Lipinski definition) is 0. The van der Waals surface area contributed by atoms with Crippen molar-refractivity contribution in [3.8, 4) is 0 Å². The summed E-state index contributed by atoms with van der Waals surface area (Å²) in [5, 5.41) is 0. The average Bonchev–Trinajstić information content (AvgIpc) is 2.21. The van der Waals surface area contributed by atoms with E-state index in [1.54, 1.807) is 47.8 Å². The van der Waals surface area contributed by atoms with Crippen molar-refractivity contribution in [2.75, 3.05) is 25.0 Å². The first-order valence-corrected chi connectivity index (χ1v) is 12.4. The summed E-state index contributed by atoms with van der Waals surface area (Å²) in [5.41, 5.74) is 0. The summed E-state index contributed by atoms with van der Waals surface area (Å²) in [6.45, 7) is 0. The molecular weight excluding hydrogens is 358 g/mol. The molecule has 0 aliphatic carbocycles. The number of thiocarbonyl (C=S) groups is 2. The second-order valence-corrected chi connectivity index (χ2v) is 12.2. The van der Waals surface area contributed by atoms with Gasteiger partial charge in [-0.2, -0.15) is 0 Å². The average molecular weight is 370 g/mol. The van der Waals surface area contributed by atoms with Crippen LogP contribution < -0.4 is 0 Å². The molecule has 0 aromatic heterocycles. The number of hydrogen-bond acceptors (Lipinski definition) is 6. The van der Waals surface area contributed by atoms with Crippen LogP contribution in [0.15, 0.2) is 0 Å². The van der Waals surface area contributed by atoms with Crippen LogP contribution in [-0.4, -0.2) is 39.6 Å². The Labute approximate surface area is 128 Å². The SMILES string of the molecule is CSN(SC)[C](=S)[Zn][C](=S)N(SC)SC. The summed E-state index contributed by atoms with van der Waals surface area (Å²) in [6.07, 6.45) is 8.15. The van der Waals surface area contributed by atoms with Crippen LogP contribution >= 0.6 is 72.2 Å². The summed E-state index contributed by atoms with van der Waals surface area (Å²) in [5.74, 6) is 0. The molecule has 0 saturated heterocycles. The van der Waals surface area contributed by atoms with Gasteiger partial charge in [-0.15, -0.1) is 0 Å². The Balaban J connectivity index is 4.21. The van der Waals surface area contributed by atoms with E-state index in [0.717, 1.165) is 7.17 Å². The van der Waals surface area contributed by atoms with Crippen LogP contribution in [0.2, 0.25) is 0 Å². The van der Waals surface area contributed by atoms with Gasteiger partial charge >= 0.3 is 129 Å². The normalized spacial score (nSPS) is 9.33. The predicted molar refractivity (Wildman–Crippen MR) is 82.9 cm³/mol. The van der Waals surface area contributed by atoms with E-state index in [0.29, 0.717) is 0 Å². The van der Waals surface area contributed by atoms with Crippen LogP contribution in [0.1, 0.15) is 0 Å². The van der Waals surface area contributed by atoms with E-state index in [1.807, 2.05) is 25.0 Å². The molecule has 0 spiro atoms. The van der Waals surface area contributed by atoms with Crippen molar-refractivity contribution in [2.45, 2.75) is 0 Å². The molecule has 84 valence electrons. The monoisotopic (exact) mass is 368 g/mol. The van der Waals surface area contributed by atoms with Crippen LogP contribution in [0.4, 0.5) is 0 Å². The van der Waals surface area contributed by atoms with Crippen LogP contribution in [0.3, 0.4) is 0 Å². The molecule has 0 bridgehead atoms. The second-order valence-electron chi connectivity index (χ2n) is 2.21. The summed E-state index contributed by atoms with van der Waals surface area (Å²) >= 11 is 16.3. The molecule has 0 amide bonds. The van der Waals surface area contributed by atoms with Gasteiger partial charge in [0.15, 0.2) is 0 Å². The Hall–Kier alpha value is 1.80. The molecule has 15 heavy (non-hydrogen) atoms. The van der Waals surface area contributed by atoms with E-state index in [4.69, 9.17) is 24.4 Å². The molecule has 2 nitrogen and oxygen atoms in total. The van der Waals surface area contributed by atoms with Crippen molar-refractivity contribution in [3.63, 3.8) is 0 Å². The van der Waals surface area contributed by atoms with Gasteiger partial charge in [0.05, 0.1) is 0 Å². The van der Waals surface area contributed by atoms with Gasteiger partial charge in [0.1, 0.15) is 0 Å². The fraction of sp³-hybridized carbons (Fsp3) is 0.667. The van der Waals surface area contributed by atoms with Crippen molar-refractivity contribution < 1.29 is 17.1 Å². The van der Waals surface area contributed by atoms with Crippen LogP contribution in [0.25, 0.3) is 0 Å². The zero-order valence-electron chi connectivity index (χ0n) is 9.05. The van der Waals surface area contributed by atoms with Gasteiger partial charge in [0.2, 0.25) is 0 Å². The molecule has 0 radical (unpaired) electrons. The standard InChI is InChI=1S/2C3H6NS3.Zn/c2*1-6-4(3-5)7-2;/h2*1-2H3;. The summed E-state index contributed by atoms with van der Waals surface area (Å²) in [7, 11) is 0. The number of nitrogens with zero attached hydrogens (tertiary/aromatic N) is 2. The van der Waals surface area contributed by atoms with Gasteiger partial charge in [0, 0.05) is 0 Å². The Bertz CT molecular complexity index is 196. The molecule has 0 aromatic rings. The molecule has 0 aliphatic heterocycles. The van der Waals surface area contributed by atoms with Crippen molar-refractivity contribution in [1.29, 1.82) is 0 Å². The first-order valence-electron chi connectivity index (χ1n) is 3.93. The molecule has 0 aromatic carbocycles. The predicted octanol–water partition coefficient (Wildman–Crippen LogP) is 3.35. The summed E-state index contributed by atoms with van der Waals surface area (Å²) in [4.78, 5) is 0. The van der Waals surface area contributed by atoms with E-state index >= 15 is 0 Å². The molecule has 0 aliphatic rings. The molecule has 0 heterocycles. The Kier molecular flexibility index (Phi) is 11.0. The molecule has 0 rings (SSSR count). The zero-order chi connectivity index (χ0) is 11.8. The van der Waals surface area contributed by atoms with E-state index in [-0.39, 0.29) is 0 Å². The van der Waals surface area contributed by atoms with Crippen molar-refractivity contribution >= 4 is 79.4 Å². The molecule has 9 heteroatoms. The van der Waals surface area contributed by atoms with Crippen LogP contribution in [-0.2, 0) is 17.1 Å². The van der Waals surface area contributed by atoms with Gasteiger partial charge < -0.3 is 0 Å². The van der Waals surface area contributed by atoms with E-state index < -0.39 is 17.1 Å². The van der Waals surface area contributed by atoms with Gasteiger partial charge in [-0.05, 0) is 0 Å². The topological polar surface area (TPSA) is 6.48 Å². The molecule has 0 atom stereocenters. The molecular formula is C6H12N2S6Zn. The first kappa shape index (κ1) is 16.8. The molecule has 0 N–H and O–H groups in total. The minimum atomic E-state index is -1.11. The fourth-order valence-electron chi connectivity index (χ4n) is 0.815. The zero-order valence-corrected chi connectivity index (χ0v) is 16.9. The van der Waals surface area contributed by atoms with Gasteiger partial charge in [-0.25, -0.2) is 0 Å². The molecule has 0 fully saturated rings.